The Morgan fingerprint density at radius 3 is 2.08 bits per heavy atom. The molecule has 0 saturated carbocycles. The van der Waals surface area contributed by atoms with Crippen LogP contribution in [0.2, 0.25) is 0 Å². The summed E-state index contributed by atoms with van der Waals surface area (Å²) in [5.74, 6) is -1.87. The summed E-state index contributed by atoms with van der Waals surface area (Å²) < 4.78 is 4.73. The normalized spacial score (nSPS) is 9.92. The van der Waals surface area contributed by atoms with Gasteiger partial charge in [-0.3, -0.25) is 9.59 Å². The van der Waals surface area contributed by atoms with E-state index in [1.54, 1.807) is 20.8 Å². The molecule has 0 spiro atoms. The first-order valence-electron chi connectivity index (χ1n) is 3.25. The fraction of sp³-hybridized carbons (Fsp3) is 0.714. The van der Waals surface area contributed by atoms with Crippen LogP contribution < -0.4 is 51.4 Å². The average molecular weight is 200 g/mol. The molecule has 0 unspecified atom stereocenters. The van der Waals surface area contributed by atoms with Crippen molar-refractivity contribution in [2.75, 3.05) is 0 Å². The van der Waals surface area contributed by atoms with E-state index in [-0.39, 0.29) is 52.8 Å². The minimum Gasteiger partial charge on any atom is -1.00 e. The Kier molecular flexibility index (Phi) is 7.65. The predicted octanol–water partition coefficient (Wildman–Crippen LogP) is -2.08. The molecule has 0 radical (unpaired) electrons. The fourth-order valence-electron chi connectivity index (χ4n) is 0.501. The molecule has 0 saturated heterocycles. The van der Waals surface area contributed by atoms with E-state index in [1.807, 2.05) is 0 Å². The summed E-state index contributed by atoms with van der Waals surface area (Å²) in [5, 5.41) is 8.18. The first-order valence-corrected chi connectivity index (χ1v) is 3.25. The van der Waals surface area contributed by atoms with Crippen molar-refractivity contribution < 1.29 is 72.2 Å². The van der Waals surface area contributed by atoms with Gasteiger partial charge in [0.15, 0.2) is 0 Å². The van der Waals surface area contributed by atoms with Crippen LogP contribution in [0, 0.1) is 0 Å². The summed E-state index contributed by atoms with van der Waals surface area (Å²) in [6, 6.07) is 0. The number of carbonyl (C=O) groups excluding carboxylic acids is 1. The minimum atomic E-state index is -1.17. The van der Waals surface area contributed by atoms with Crippen molar-refractivity contribution in [3.8, 4) is 0 Å². The summed E-state index contributed by atoms with van der Waals surface area (Å²) in [7, 11) is 0. The standard InChI is InChI=1S/C7H12O4.K.H/c1-7(2,3)11-6(10)4-5(8)9;;/h4H2,1-3H3,(H,8,9);;/q;+1;-1. The van der Waals surface area contributed by atoms with Gasteiger partial charge in [-0.05, 0) is 20.8 Å². The van der Waals surface area contributed by atoms with E-state index < -0.39 is 24.0 Å². The number of carboxylic acids is 1. The third kappa shape index (κ3) is 10.6. The molecule has 0 bridgehead atoms. The Balaban J connectivity index is -0.000000500. The molecule has 0 fully saturated rings. The molecule has 0 aromatic rings. The minimum absolute atomic E-state index is 0. The average Bonchev–Trinajstić information content (AvgIpc) is 1.53. The molecule has 0 amide bonds. The van der Waals surface area contributed by atoms with E-state index in [0.717, 1.165) is 0 Å². The maximum Gasteiger partial charge on any atom is 1.00 e. The number of aliphatic carboxylic acids is 1. The van der Waals surface area contributed by atoms with Crippen LogP contribution in [0.25, 0.3) is 0 Å². The number of esters is 1. The second-order valence-electron chi connectivity index (χ2n) is 3.16. The van der Waals surface area contributed by atoms with Gasteiger partial charge < -0.3 is 11.3 Å². The van der Waals surface area contributed by atoms with Gasteiger partial charge in [-0.2, -0.15) is 0 Å². The zero-order chi connectivity index (χ0) is 9.07. The maximum absolute atomic E-state index is 10.7. The molecule has 0 rings (SSSR count). The van der Waals surface area contributed by atoms with Gasteiger partial charge in [0.2, 0.25) is 0 Å². The Morgan fingerprint density at radius 2 is 1.83 bits per heavy atom. The van der Waals surface area contributed by atoms with Gasteiger partial charge in [-0.15, -0.1) is 0 Å². The number of carbonyl (C=O) groups is 2. The molecule has 0 aliphatic carbocycles. The monoisotopic (exact) mass is 200 g/mol. The molecule has 4 nitrogen and oxygen atoms in total. The van der Waals surface area contributed by atoms with Gasteiger partial charge in [0, 0.05) is 0 Å². The van der Waals surface area contributed by atoms with Crippen LogP contribution in [0.3, 0.4) is 0 Å². The van der Waals surface area contributed by atoms with Crippen molar-refractivity contribution in [2.45, 2.75) is 32.8 Å². The Hall–Kier alpha value is 0.576. The van der Waals surface area contributed by atoms with E-state index in [9.17, 15) is 9.59 Å². The molecule has 5 heteroatoms. The summed E-state index contributed by atoms with van der Waals surface area (Å²) in [4.78, 5) is 20.7. The first-order chi connectivity index (χ1) is 4.81. The van der Waals surface area contributed by atoms with Crippen LogP contribution in [-0.2, 0) is 14.3 Å². The van der Waals surface area contributed by atoms with E-state index in [0.29, 0.717) is 0 Å². The van der Waals surface area contributed by atoms with Crippen LogP contribution in [0.4, 0.5) is 0 Å². The molecule has 0 aromatic carbocycles. The fourth-order valence-corrected chi connectivity index (χ4v) is 0.501. The van der Waals surface area contributed by atoms with Crippen LogP contribution in [0.15, 0.2) is 0 Å². The number of ether oxygens (including phenoxy) is 1. The largest absolute Gasteiger partial charge is 1.00 e. The van der Waals surface area contributed by atoms with Crippen molar-refractivity contribution in [1.29, 1.82) is 0 Å². The van der Waals surface area contributed by atoms with Gasteiger partial charge in [0.25, 0.3) is 0 Å². The van der Waals surface area contributed by atoms with E-state index in [2.05, 4.69) is 0 Å². The molecule has 0 aromatic heterocycles. The van der Waals surface area contributed by atoms with Gasteiger partial charge >= 0.3 is 63.3 Å². The molecule has 0 atom stereocenters. The van der Waals surface area contributed by atoms with Crippen molar-refractivity contribution in [1.82, 2.24) is 0 Å². The third-order valence-corrected chi connectivity index (χ3v) is 0.716. The molecule has 0 aliphatic rings. The summed E-state index contributed by atoms with van der Waals surface area (Å²) in [6.45, 7) is 5.06. The molecule has 12 heavy (non-hydrogen) atoms. The zero-order valence-electron chi connectivity index (χ0n) is 8.88. The number of hydrogen-bond acceptors (Lipinski definition) is 3. The smallest absolute Gasteiger partial charge is 1.00 e. The van der Waals surface area contributed by atoms with Gasteiger partial charge in [-0.25, -0.2) is 0 Å². The Bertz CT molecular complexity index is 176. The molecule has 66 valence electrons. The van der Waals surface area contributed by atoms with Crippen LogP contribution in [0.5, 0.6) is 0 Å². The summed E-state index contributed by atoms with van der Waals surface area (Å²) >= 11 is 0. The maximum atomic E-state index is 10.7. The molecular weight excluding hydrogens is 187 g/mol. The van der Waals surface area contributed by atoms with Crippen molar-refractivity contribution in [3.63, 3.8) is 0 Å². The SMILES string of the molecule is CC(C)(C)OC(=O)CC(=O)O.[H-].[K+]. The van der Waals surface area contributed by atoms with Gasteiger partial charge in [0.05, 0.1) is 0 Å². The molecule has 0 heterocycles. The number of carboxylic acid groups (broad SMARTS) is 1. The molecular formula is C7H13KO4. The number of hydrogen-bond donors (Lipinski definition) is 1. The molecule has 0 aliphatic heterocycles. The van der Waals surface area contributed by atoms with Gasteiger partial charge in [-0.1, -0.05) is 0 Å². The summed E-state index contributed by atoms with van der Waals surface area (Å²) in [6.07, 6.45) is -0.572. The third-order valence-electron chi connectivity index (χ3n) is 0.716. The van der Waals surface area contributed by atoms with Crippen molar-refractivity contribution in [3.05, 3.63) is 0 Å². The summed E-state index contributed by atoms with van der Waals surface area (Å²) in [5.41, 5.74) is -0.605. The first kappa shape index (κ1) is 15.1. The second-order valence-corrected chi connectivity index (χ2v) is 3.16. The quantitative estimate of drug-likeness (QED) is 0.316. The van der Waals surface area contributed by atoms with Crippen LogP contribution in [0.1, 0.15) is 28.6 Å². The van der Waals surface area contributed by atoms with Crippen molar-refractivity contribution >= 4 is 11.9 Å². The van der Waals surface area contributed by atoms with Crippen LogP contribution >= 0.6 is 0 Å². The van der Waals surface area contributed by atoms with Gasteiger partial charge in [0.1, 0.15) is 12.0 Å². The Labute approximate surface area is 116 Å². The predicted molar refractivity (Wildman–Crippen MR) is 39.2 cm³/mol. The Morgan fingerprint density at radius 1 is 1.42 bits per heavy atom. The van der Waals surface area contributed by atoms with Crippen molar-refractivity contribution in [2.24, 2.45) is 0 Å². The van der Waals surface area contributed by atoms with E-state index >= 15 is 0 Å². The van der Waals surface area contributed by atoms with Crippen LogP contribution in [-0.4, -0.2) is 22.6 Å². The van der Waals surface area contributed by atoms with E-state index in [1.165, 1.54) is 0 Å². The van der Waals surface area contributed by atoms with E-state index in [4.69, 9.17) is 9.84 Å². The zero-order valence-corrected chi connectivity index (χ0v) is 11.0. The topological polar surface area (TPSA) is 63.6 Å². The second kappa shape index (κ2) is 6.09. The molecule has 1 N–H and O–H groups in total. The number of rotatable bonds is 2.